The summed E-state index contributed by atoms with van der Waals surface area (Å²) in [6, 6.07) is 69.6. The Morgan fingerprint density at radius 3 is 1.60 bits per heavy atom. The van der Waals surface area contributed by atoms with Gasteiger partial charge in [0.25, 0.3) is 0 Å². The second-order valence-corrected chi connectivity index (χ2v) is 15.0. The van der Waals surface area contributed by atoms with Crippen LogP contribution in [0.3, 0.4) is 0 Å². The number of rotatable bonds is 6. The standard InChI is InChI=1S/C53H38N2/c1-53(2)48-23-12-11-22-45(48)46-29-28-40(33-49(46)53)36-24-26-37(27-25-36)42-30-31-47(44-21-10-9-20-43(42)44)51-34-50(54-52(55-51)38-16-7-4-8-17-38)41-19-13-18-39(32-41)35-14-5-3-6-15-35/h3-34H,1-2H3. The molecule has 0 radical (unpaired) electrons. The van der Waals surface area contributed by atoms with Crippen LogP contribution >= 0.6 is 0 Å². The van der Waals surface area contributed by atoms with Crippen LogP contribution in [-0.2, 0) is 5.41 Å². The Bertz CT molecular complexity index is 2870. The summed E-state index contributed by atoms with van der Waals surface area (Å²) in [6.45, 7) is 4.68. The Morgan fingerprint density at radius 1 is 0.309 bits per heavy atom. The Labute approximate surface area is 322 Å². The molecule has 10 rings (SSSR count). The maximum Gasteiger partial charge on any atom is 0.160 e. The monoisotopic (exact) mass is 702 g/mol. The van der Waals surface area contributed by atoms with Crippen LogP contribution in [0.25, 0.3) is 89.2 Å². The van der Waals surface area contributed by atoms with E-state index in [9.17, 15) is 0 Å². The lowest BCUT2D eigenvalue weighted by Gasteiger charge is -2.22. The van der Waals surface area contributed by atoms with Gasteiger partial charge < -0.3 is 0 Å². The van der Waals surface area contributed by atoms with Crippen molar-refractivity contribution in [2.24, 2.45) is 0 Å². The average Bonchev–Trinajstić information content (AvgIpc) is 3.49. The number of hydrogen-bond donors (Lipinski definition) is 0. The van der Waals surface area contributed by atoms with Crippen LogP contribution < -0.4 is 0 Å². The first kappa shape index (κ1) is 32.7. The van der Waals surface area contributed by atoms with E-state index in [-0.39, 0.29) is 5.41 Å². The number of benzene rings is 8. The largest absolute Gasteiger partial charge is 0.228 e. The van der Waals surface area contributed by atoms with Crippen LogP contribution in [0.5, 0.6) is 0 Å². The molecule has 0 fully saturated rings. The highest BCUT2D eigenvalue weighted by atomic mass is 14.9. The first-order valence-corrected chi connectivity index (χ1v) is 19.0. The lowest BCUT2D eigenvalue weighted by molar-refractivity contribution is 0.660. The molecule has 9 aromatic rings. The molecule has 2 heteroatoms. The zero-order chi connectivity index (χ0) is 36.9. The Kier molecular flexibility index (Phi) is 7.85. The predicted molar refractivity (Wildman–Crippen MR) is 230 cm³/mol. The predicted octanol–water partition coefficient (Wildman–Crippen LogP) is 13.9. The van der Waals surface area contributed by atoms with E-state index in [4.69, 9.17) is 9.97 Å². The van der Waals surface area contributed by atoms with Crippen molar-refractivity contribution in [2.45, 2.75) is 19.3 Å². The van der Waals surface area contributed by atoms with E-state index in [0.717, 1.165) is 39.0 Å². The molecular formula is C53H38N2. The molecule has 0 saturated carbocycles. The summed E-state index contributed by atoms with van der Waals surface area (Å²) in [5.41, 5.74) is 17.6. The molecule has 0 saturated heterocycles. The summed E-state index contributed by atoms with van der Waals surface area (Å²) in [4.78, 5) is 10.4. The van der Waals surface area contributed by atoms with E-state index in [1.54, 1.807) is 0 Å². The van der Waals surface area contributed by atoms with Gasteiger partial charge in [0.2, 0.25) is 0 Å². The van der Waals surface area contributed by atoms with Gasteiger partial charge in [-0.3, -0.25) is 0 Å². The van der Waals surface area contributed by atoms with Crippen molar-refractivity contribution in [3.8, 4) is 78.4 Å². The van der Waals surface area contributed by atoms with Crippen LogP contribution in [-0.4, -0.2) is 9.97 Å². The van der Waals surface area contributed by atoms with Gasteiger partial charge in [-0.2, -0.15) is 0 Å². The van der Waals surface area contributed by atoms with Gasteiger partial charge in [-0.15, -0.1) is 0 Å². The first-order chi connectivity index (χ1) is 27.0. The smallest absolute Gasteiger partial charge is 0.160 e. The molecule has 8 aromatic carbocycles. The number of hydrogen-bond acceptors (Lipinski definition) is 2. The Hall–Kier alpha value is -6.90. The maximum absolute atomic E-state index is 5.21. The Morgan fingerprint density at radius 2 is 0.818 bits per heavy atom. The minimum Gasteiger partial charge on any atom is -0.228 e. The molecule has 0 aliphatic heterocycles. The summed E-state index contributed by atoms with van der Waals surface area (Å²) in [5.74, 6) is 0.709. The van der Waals surface area contributed by atoms with Gasteiger partial charge in [-0.1, -0.05) is 190 Å². The maximum atomic E-state index is 5.21. The SMILES string of the molecule is CC1(C)c2ccccc2-c2ccc(-c3ccc(-c4ccc(-c5cc(-c6cccc(-c7ccccc7)c6)nc(-c6ccccc6)n5)c5ccccc45)cc3)cc21. The fourth-order valence-corrected chi connectivity index (χ4v) is 8.44. The van der Waals surface area contributed by atoms with E-state index in [0.29, 0.717) is 5.82 Å². The third kappa shape index (κ3) is 5.75. The lowest BCUT2D eigenvalue weighted by Crippen LogP contribution is -2.14. The highest BCUT2D eigenvalue weighted by Crippen LogP contribution is 2.49. The minimum atomic E-state index is -0.0268. The van der Waals surface area contributed by atoms with Gasteiger partial charge >= 0.3 is 0 Å². The van der Waals surface area contributed by atoms with Gasteiger partial charge in [0.15, 0.2) is 5.82 Å². The van der Waals surface area contributed by atoms with Crippen molar-refractivity contribution in [2.75, 3.05) is 0 Å². The van der Waals surface area contributed by atoms with Gasteiger partial charge in [0, 0.05) is 22.1 Å². The highest BCUT2D eigenvalue weighted by molar-refractivity contribution is 6.05. The van der Waals surface area contributed by atoms with E-state index < -0.39 is 0 Å². The number of nitrogens with zero attached hydrogens (tertiary/aromatic N) is 2. The zero-order valence-corrected chi connectivity index (χ0v) is 30.9. The summed E-state index contributed by atoms with van der Waals surface area (Å²) < 4.78 is 0. The summed E-state index contributed by atoms with van der Waals surface area (Å²) in [7, 11) is 0. The van der Waals surface area contributed by atoms with Crippen molar-refractivity contribution in [3.63, 3.8) is 0 Å². The fraction of sp³-hybridized carbons (Fsp3) is 0.0566. The van der Waals surface area contributed by atoms with Gasteiger partial charge in [-0.05, 0) is 84.6 Å². The van der Waals surface area contributed by atoms with Crippen LogP contribution in [0, 0.1) is 0 Å². The minimum absolute atomic E-state index is 0.0268. The van der Waals surface area contributed by atoms with E-state index in [2.05, 4.69) is 190 Å². The third-order valence-corrected chi connectivity index (χ3v) is 11.3. The fourth-order valence-electron chi connectivity index (χ4n) is 8.44. The van der Waals surface area contributed by atoms with Crippen molar-refractivity contribution in [3.05, 3.63) is 205 Å². The quantitative estimate of drug-likeness (QED) is 0.172. The molecule has 55 heavy (non-hydrogen) atoms. The molecule has 0 bridgehead atoms. The summed E-state index contributed by atoms with van der Waals surface area (Å²) in [6.07, 6.45) is 0. The van der Waals surface area contributed by atoms with E-state index >= 15 is 0 Å². The molecule has 2 nitrogen and oxygen atoms in total. The van der Waals surface area contributed by atoms with Crippen molar-refractivity contribution in [1.82, 2.24) is 9.97 Å². The first-order valence-electron chi connectivity index (χ1n) is 19.0. The Balaban J connectivity index is 1.04. The molecule has 0 N–H and O–H groups in total. The van der Waals surface area contributed by atoms with Crippen molar-refractivity contribution < 1.29 is 0 Å². The molecular weight excluding hydrogens is 665 g/mol. The van der Waals surface area contributed by atoms with E-state index in [1.165, 1.54) is 55.5 Å². The topological polar surface area (TPSA) is 25.8 Å². The molecule has 1 aliphatic rings. The summed E-state index contributed by atoms with van der Waals surface area (Å²) in [5, 5.41) is 2.35. The number of fused-ring (bicyclic) bond motifs is 4. The molecule has 1 aromatic heterocycles. The van der Waals surface area contributed by atoms with Crippen LogP contribution in [0.15, 0.2) is 194 Å². The highest BCUT2D eigenvalue weighted by Gasteiger charge is 2.35. The van der Waals surface area contributed by atoms with Gasteiger partial charge in [0.1, 0.15) is 0 Å². The van der Waals surface area contributed by atoms with Gasteiger partial charge in [0.05, 0.1) is 11.4 Å². The van der Waals surface area contributed by atoms with Crippen LogP contribution in [0.4, 0.5) is 0 Å². The zero-order valence-electron chi connectivity index (χ0n) is 30.9. The molecule has 0 spiro atoms. The van der Waals surface area contributed by atoms with Crippen LogP contribution in [0.2, 0.25) is 0 Å². The number of aromatic nitrogens is 2. The molecule has 0 amide bonds. The van der Waals surface area contributed by atoms with Gasteiger partial charge in [-0.25, -0.2) is 9.97 Å². The second kappa shape index (κ2) is 13.2. The van der Waals surface area contributed by atoms with Crippen molar-refractivity contribution in [1.29, 1.82) is 0 Å². The molecule has 1 aliphatic carbocycles. The van der Waals surface area contributed by atoms with Crippen LogP contribution in [0.1, 0.15) is 25.0 Å². The molecule has 0 atom stereocenters. The second-order valence-electron chi connectivity index (χ2n) is 15.0. The van der Waals surface area contributed by atoms with E-state index in [1.807, 2.05) is 18.2 Å². The van der Waals surface area contributed by atoms with Crippen molar-refractivity contribution >= 4 is 10.8 Å². The molecule has 0 unspecified atom stereocenters. The average molecular weight is 703 g/mol. The molecule has 260 valence electrons. The lowest BCUT2D eigenvalue weighted by atomic mass is 9.81. The normalized spacial score (nSPS) is 12.7. The summed E-state index contributed by atoms with van der Waals surface area (Å²) >= 11 is 0. The third-order valence-electron chi connectivity index (χ3n) is 11.3. The molecule has 1 heterocycles.